The van der Waals surface area contributed by atoms with Gasteiger partial charge in [0.05, 0.1) is 24.5 Å². The van der Waals surface area contributed by atoms with Gasteiger partial charge in [-0.1, -0.05) is 36.4 Å². The van der Waals surface area contributed by atoms with E-state index in [1.807, 2.05) is 49.5 Å². The van der Waals surface area contributed by atoms with Gasteiger partial charge in [0.15, 0.2) is 23.7 Å². The minimum atomic E-state index is -1.27. The zero-order chi connectivity index (χ0) is 36.7. The monoisotopic (exact) mass is 705 g/mol. The second kappa shape index (κ2) is 13.8. The van der Waals surface area contributed by atoms with Crippen molar-refractivity contribution in [2.45, 2.75) is 101 Å². The summed E-state index contributed by atoms with van der Waals surface area (Å²) in [6.45, 7) is 7.20. The highest BCUT2D eigenvalue weighted by atomic mass is 16.6. The number of nitrogens with one attached hydrogen (secondary N) is 2. The van der Waals surface area contributed by atoms with Crippen LogP contribution in [0, 0.1) is 0 Å². The normalized spacial score (nSPS) is 25.6. The molecule has 2 bridgehead atoms. The van der Waals surface area contributed by atoms with Crippen LogP contribution >= 0.6 is 0 Å². The summed E-state index contributed by atoms with van der Waals surface area (Å²) in [6, 6.07) is 12.0. The SMILES string of the molecule is COc1ccc2c3c1OC1C(OC(=O)C(C)OC(=O)CCNC(=O)C(Cc4ccccc4)NC(=O)OC(C)(C)C)=CCC4(O)C(C2)N(C)CCC314. The van der Waals surface area contributed by atoms with Crippen LogP contribution in [-0.2, 0) is 46.9 Å². The lowest BCUT2D eigenvalue weighted by Gasteiger charge is -2.61. The largest absolute Gasteiger partial charge is 0.493 e. The van der Waals surface area contributed by atoms with Gasteiger partial charge in [0.1, 0.15) is 17.4 Å². The van der Waals surface area contributed by atoms with Crippen LogP contribution in [0.25, 0.3) is 0 Å². The Morgan fingerprint density at radius 1 is 1.12 bits per heavy atom. The smallest absolute Gasteiger partial charge is 0.408 e. The number of ether oxygens (including phenoxy) is 5. The van der Waals surface area contributed by atoms with Gasteiger partial charge in [0.2, 0.25) is 5.91 Å². The molecule has 0 aromatic heterocycles. The molecule has 3 N–H and O–H groups in total. The molecular formula is C38H47N3O10. The van der Waals surface area contributed by atoms with Gasteiger partial charge >= 0.3 is 18.0 Å². The highest BCUT2D eigenvalue weighted by molar-refractivity contribution is 5.86. The van der Waals surface area contributed by atoms with Crippen molar-refractivity contribution in [3.63, 3.8) is 0 Å². The number of piperidine rings is 1. The molecule has 0 radical (unpaired) electrons. The number of alkyl carbamates (subject to hydrolysis) is 1. The lowest BCUT2D eigenvalue weighted by atomic mass is 9.50. The lowest BCUT2D eigenvalue weighted by Crippen LogP contribution is -2.74. The van der Waals surface area contributed by atoms with Gasteiger partial charge < -0.3 is 44.3 Å². The molecular weight excluding hydrogens is 658 g/mol. The summed E-state index contributed by atoms with van der Waals surface area (Å²) in [6.07, 6.45) is 0.379. The van der Waals surface area contributed by atoms with E-state index in [9.17, 15) is 24.3 Å². The number of hydrogen-bond donors (Lipinski definition) is 3. The van der Waals surface area contributed by atoms with E-state index in [1.165, 1.54) is 6.92 Å². The van der Waals surface area contributed by atoms with Crippen LogP contribution in [-0.4, -0.2) is 96.7 Å². The Hall–Kier alpha value is -4.62. The zero-order valence-corrected chi connectivity index (χ0v) is 29.9. The molecule has 1 spiro atoms. The van der Waals surface area contributed by atoms with Crippen molar-refractivity contribution in [1.29, 1.82) is 0 Å². The van der Waals surface area contributed by atoms with E-state index in [1.54, 1.807) is 34.0 Å². The first-order valence-electron chi connectivity index (χ1n) is 17.4. The number of hydrogen-bond acceptors (Lipinski definition) is 11. The van der Waals surface area contributed by atoms with Crippen molar-refractivity contribution in [1.82, 2.24) is 15.5 Å². The van der Waals surface area contributed by atoms with E-state index in [0.29, 0.717) is 24.3 Å². The Balaban J connectivity index is 1.07. The number of benzene rings is 2. The van der Waals surface area contributed by atoms with Gasteiger partial charge in [-0.3, -0.25) is 9.59 Å². The summed E-state index contributed by atoms with van der Waals surface area (Å²) in [4.78, 5) is 53.9. The molecule has 13 nitrogen and oxygen atoms in total. The summed E-state index contributed by atoms with van der Waals surface area (Å²) < 4.78 is 28.8. The topological polar surface area (TPSA) is 162 Å². The molecule has 2 heterocycles. The number of methoxy groups -OCH3 is 1. The third kappa shape index (κ3) is 6.76. The molecule has 2 amide bonds. The van der Waals surface area contributed by atoms with E-state index in [-0.39, 0.29) is 37.6 Å². The molecule has 2 aliphatic heterocycles. The maximum absolute atomic E-state index is 13.3. The first-order valence-corrected chi connectivity index (χ1v) is 17.4. The Morgan fingerprint density at radius 3 is 2.57 bits per heavy atom. The molecule has 274 valence electrons. The van der Waals surface area contributed by atoms with E-state index >= 15 is 0 Å². The highest BCUT2D eigenvalue weighted by Gasteiger charge is 2.72. The molecule has 1 saturated heterocycles. The summed E-state index contributed by atoms with van der Waals surface area (Å²) in [5, 5.41) is 17.6. The average molecular weight is 706 g/mol. The van der Waals surface area contributed by atoms with Crippen LogP contribution in [0.3, 0.4) is 0 Å². The van der Waals surface area contributed by atoms with Crippen molar-refractivity contribution in [3.05, 3.63) is 71.0 Å². The fourth-order valence-corrected chi connectivity index (χ4v) is 8.01. The molecule has 51 heavy (non-hydrogen) atoms. The molecule has 0 saturated carbocycles. The van der Waals surface area contributed by atoms with E-state index in [4.69, 9.17) is 23.7 Å². The van der Waals surface area contributed by atoms with Crippen LogP contribution in [0.15, 0.2) is 54.3 Å². The quantitative estimate of drug-likeness (QED) is 0.233. The number of carbonyl (C=O) groups excluding carboxylic acids is 4. The second-order valence-corrected chi connectivity index (χ2v) is 14.8. The molecule has 2 aromatic rings. The summed E-state index contributed by atoms with van der Waals surface area (Å²) in [5.74, 6) is -0.671. The fraction of sp³-hybridized carbons (Fsp3) is 0.526. The van der Waals surface area contributed by atoms with Crippen LogP contribution in [0.5, 0.6) is 11.5 Å². The van der Waals surface area contributed by atoms with Gasteiger partial charge in [-0.25, -0.2) is 9.59 Å². The number of likely N-dealkylation sites (tertiary alicyclic amines) is 1. The summed E-state index contributed by atoms with van der Waals surface area (Å²) in [5.41, 5.74) is 0.0478. The van der Waals surface area contributed by atoms with Crippen molar-refractivity contribution >= 4 is 23.9 Å². The van der Waals surface area contributed by atoms with Gasteiger partial charge in [-0.05, 0) is 77.4 Å². The number of esters is 2. The van der Waals surface area contributed by atoms with Crippen LogP contribution in [0.2, 0.25) is 0 Å². The minimum Gasteiger partial charge on any atom is -0.493 e. The van der Waals surface area contributed by atoms with Crippen LogP contribution in [0.1, 0.15) is 63.6 Å². The number of amides is 2. The van der Waals surface area contributed by atoms with E-state index < -0.39 is 58.8 Å². The highest BCUT2D eigenvalue weighted by Crippen LogP contribution is 2.65. The summed E-state index contributed by atoms with van der Waals surface area (Å²) >= 11 is 0. The van der Waals surface area contributed by atoms with Gasteiger partial charge in [0.25, 0.3) is 0 Å². The lowest BCUT2D eigenvalue weighted by molar-refractivity contribution is -0.175. The van der Waals surface area contributed by atoms with Crippen molar-refractivity contribution < 1.29 is 48.0 Å². The number of aliphatic hydroxyl groups is 1. The maximum atomic E-state index is 13.3. The molecule has 2 aromatic carbocycles. The first kappa shape index (κ1) is 36.2. The molecule has 6 atom stereocenters. The van der Waals surface area contributed by atoms with E-state index in [2.05, 4.69) is 15.5 Å². The number of nitrogens with zero attached hydrogens (tertiary/aromatic N) is 1. The Bertz CT molecular complexity index is 1720. The van der Waals surface area contributed by atoms with Crippen LogP contribution < -0.4 is 20.1 Å². The fourth-order valence-electron chi connectivity index (χ4n) is 8.01. The molecule has 2 aliphatic carbocycles. The first-order chi connectivity index (χ1) is 24.2. The van der Waals surface area contributed by atoms with Crippen molar-refractivity contribution in [2.75, 3.05) is 27.2 Å². The van der Waals surface area contributed by atoms with Gasteiger partial charge in [-0.15, -0.1) is 0 Å². The summed E-state index contributed by atoms with van der Waals surface area (Å²) in [7, 11) is 3.58. The maximum Gasteiger partial charge on any atom is 0.408 e. The second-order valence-electron chi connectivity index (χ2n) is 14.8. The molecule has 6 unspecified atom stereocenters. The van der Waals surface area contributed by atoms with Gasteiger partial charge in [0, 0.05) is 31.0 Å². The van der Waals surface area contributed by atoms with Crippen molar-refractivity contribution in [3.8, 4) is 11.5 Å². The third-order valence-corrected chi connectivity index (χ3v) is 10.3. The predicted molar refractivity (Wildman–Crippen MR) is 184 cm³/mol. The van der Waals surface area contributed by atoms with Crippen LogP contribution in [0.4, 0.5) is 4.79 Å². The Morgan fingerprint density at radius 2 is 1.86 bits per heavy atom. The Kier molecular flexibility index (Phi) is 9.81. The number of rotatable bonds is 11. The third-order valence-electron chi connectivity index (χ3n) is 10.3. The average Bonchev–Trinajstić information content (AvgIpc) is 3.43. The standard InChI is InChI=1S/C38H47N3O10/c1-22(48-29(42)15-18-39-33(43)25(20-23-10-8-7-9-11-23)40-35(45)51-36(2,3)4)34(44)49-27-14-16-38(46)28-21-24-12-13-26(47-6)31-30(24)37(38,32(27)50-31)17-19-41(28)5/h7-14,22,25,28,32,46H,15-21H2,1-6H3,(H,39,43)(H,40,45). The molecule has 4 aliphatic rings. The number of likely N-dealkylation sites (N-methyl/N-ethyl adjacent to an activating group) is 1. The Labute approximate surface area is 297 Å². The minimum absolute atomic E-state index is 0.0963. The molecule has 6 rings (SSSR count). The van der Waals surface area contributed by atoms with Crippen molar-refractivity contribution in [2.24, 2.45) is 0 Å². The zero-order valence-electron chi connectivity index (χ0n) is 29.9. The van der Waals surface area contributed by atoms with E-state index in [0.717, 1.165) is 23.2 Å². The van der Waals surface area contributed by atoms with Gasteiger partial charge in [-0.2, -0.15) is 0 Å². The predicted octanol–water partition coefficient (Wildman–Crippen LogP) is 3.09. The number of carbonyl (C=O) groups is 4. The molecule has 1 fully saturated rings. The molecule has 13 heteroatoms.